The molecule has 19 heteroatoms. The lowest BCUT2D eigenvalue weighted by Crippen LogP contribution is -2.30. The van der Waals surface area contributed by atoms with E-state index in [0.717, 1.165) is 102 Å². The highest BCUT2D eigenvalue weighted by Crippen LogP contribution is 2.45. The Balaban J connectivity index is 5.16. The average Bonchev–Trinajstić information content (AvgIpc) is 3.64. The molecule has 0 aromatic heterocycles. The van der Waals surface area contributed by atoms with Crippen LogP contribution < -0.4 is 0 Å². The highest BCUT2D eigenvalue weighted by atomic mass is 31.2. The highest BCUT2D eigenvalue weighted by Gasteiger charge is 2.30. The van der Waals surface area contributed by atoms with Crippen LogP contribution in [0.2, 0.25) is 0 Å². The largest absolute Gasteiger partial charge is 0.472 e. The Hall–Kier alpha value is -1.94. The number of aliphatic hydroxyl groups is 1. The van der Waals surface area contributed by atoms with E-state index < -0.39 is 97.5 Å². The molecule has 0 aliphatic rings. The molecule has 0 rings (SSSR count). The summed E-state index contributed by atoms with van der Waals surface area (Å²) in [5, 5.41) is 10.5. The third-order valence-electron chi connectivity index (χ3n) is 15.5. The van der Waals surface area contributed by atoms with E-state index in [2.05, 4.69) is 34.6 Å². The Bertz CT molecular complexity index is 1670. The van der Waals surface area contributed by atoms with Gasteiger partial charge in [0.15, 0.2) is 12.2 Å². The first kappa shape index (κ1) is 84.1. The number of hydrogen-bond donors (Lipinski definition) is 3. The molecular weight excluding hydrogens is 1140 g/mol. The Morgan fingerprint density at radius 2 is 0.535 bits per heavy atom. The molecular formula is C67H130O17P2. The van der Waals surface area contributed by atoms with Crippen molar-refractivity contribution in [3.05, 3.63) is 0 Å². The first-order chi connectivity index (χ1) is 41.5. The summed E-state index contributed by atoms with van der Waals surface area (Å²) >= 11 is 0. The Kier molecular flexibility index (Phi) is 59.2. The van der Waals surface area contributed by atoms with E-state index in [9.17, 15) is 43.2 Å². The number of carbonyl (C=O) groups excluding carboxylic acids is 4. The number of ether oxygens (including phenoxy) is 4. The summed E-state index contributed by atoms with van der Waals surface area (Å²) in [5.41, 5.74) is 0. The van der Waals surface area contributed by atoms with Crippen molar-refractivity contribution < 1.29 is 80.2 Å². The minimum atomic E-state index is -4.95. The van der Waals surface area contributed by atoms with Crippen LogP contribution >= 0.6 is 15.6 Å². The topological polar surface area (TPSA) is 237 Å². The molecule has 3 N–H and O–H groups in total. The van der Waals surface area contributed by atoms with E-state index >= 15 is 0 Å². The number of hydrogen-bond acceptors (Lipinski definition) is 15. The van der Waals surface area contributed by atoms with Gasteiger partial charge in [0.2, 0.25) is 0 Å². The van der Waals surface area contributed by atoms with Crippen molar-refractivity contribution in [2.75, 3.05) is 39.6 Å². The molecule has 0 heterocycles. The van der Waals surface area contributed by atoms with Crippen molar-refractivity contribution in [3.63, 3.8) is 0 Å². The van der Waals surface area contributed by atoms with Crippen LogP contribution in [-0.2, 0) is 65.4 Å². The van der Waals surface area contributed by atoms with Crippen LogP contribution in [0.25, 0.3) is 0 Å². The van der Waals surface area contributed by atoms with E-state index in [4.69, 9.17) is 37.0 Å². The second kappa shape index (κ2) is 60.6. The summed E-state index contributed by atoms with van der Waals surface area (Å²) in [4.78, 5) is 72.1. The zero-order chi connectivity index (χ0) is 63.5. The van der Waals surface area contributed by atoms with Gasteiger partial charge in [-0.1, -0.05) is 291 Å². The minimum absolute atomic E-state index is 0.106. The van der Waals surface area contributed by atoms with Crippen LogP contribution in [0.4, 0.5) is 0 Å². The summed E-state index contributed by atoms with van der Waals surface area (Å²) in [6.45, 7) is 7.15. The molecule has 0 radical (unpaired) electrons. The van der Waals surface area contributed by atoms with Gasteiger partial charge in [-0.3, -0.25) is 37.3 Å². The third-order valence-corrected chi connectivity index (χ3v) is 17.4. The van der Waals surface area contributed by atoms with Gasteiger partial charge in [0, 0.05) is 25.7 Å². The molecule has 0 aliphatic carbocycles. The summed E-state index contributed by atoms with van der Waals surface area (Å²) in [5.74, 6) is -1.34. The third kappa shape index (κ3) is 60.9. The lowest BCUT2D eigenvalue weighted by atomic mass is 10.0. The molecule has 0 saturated heterocycles. The van der Waals surface area contributed by atoms with E-state index in [1.54, 1.807) is 0 Å². The standard InChI is InChI=1S/C67H130O17P2/c1-6-9-12-15-17-19-21-22-26-29-33-36-41-46-51-65(70)78-57-63(84-67(72)53-48-43-38-34-30-27-24-23-25-28-31-35-40-44-49-60(4)5)59-82-86(75,76)80-55-61(68)54-79-85(73,74)81-58-62(56-77-64(69)50-45-39-14-11-8-3)83-66(71)52-47-42-37-32-20-18-16-13-10-7-2/h60-63,68H,6-59H2,1-5H3,(H,73,74)(H,75,76)/t61-,62+,63+/m0/s1. The summed E-state index contributed by atoms with van der Waals surface area (Å²) in [6.07, 6.45) is 46.1. The number of carbonyl (C=O) groups is 4. The molecule has 5 atom stereocenters. The number of rotatable bonds is 67. The van der Waals surface area contributed by atoms with Gasteiger partial charge < -0.3 is 33.8 Å². The monoisotopic (exact) mass is 1270 g/mol. The average molecular weight is 1270 g/mol. The van der Waals surface area contributed by atoms with Gasteiger partial charge >= 0.3 is 39.5 Å². The van der Waals surface area contributed by atoms with Gasteiger partial charge in [-0.05, 0) is 31.6 Å². The van der Waals surface area contributed by atoms with Gasteiger partial charge in [-0.2, -0.15) is 0 Å². The van der Waals surface area contributed by atoms with Crippen molar-refractivity contribution in [2.24, 2.45) is 5.92 Å². The van der Waals surface area contributed by atoms with Crippen LogP contribution in [-0.4, -0.2) is 96.7 Å². The predicted molar refractivity (Wildman–Crippen MR) is 345 cm³/mol. The second-order valence-corrected chi connectivity index (χ2v) is 27.6. The van der Waals surface area contributed by atoms with E-state index in [0.29, 0.717) is 25.7 Å². The van der Waals surface area contributed by atoms with Crippen LogP contribution in [0.1, 0.15) is 343 Å². The maximum absolute atomic E-state index is 13.0. The zero-order valence-corrected chi connectivity index (χ0v) is 57.2. The van der Waals surface area contributed by atoms with Gasteiger partial charge in [0.05, 0.1) is 26.4 Å². The second-order valence-electron chi connectivity index (χ2n) is 24.7. The molecule has 0 aromatic carbocycles. The molecule has 0 aliphatic heterocycles. The summed E-state index contributed by atoms with van der Waals surface area (Å²) < 4.78 is 67.9. The molecule has 17 nitrogen and oxygen atoms in total. The lowest BCUT2D eigenvalue weighted by Gasteiger charge is -2.21. The fourth-order valence-electron chi connectivity index (χ4n) is 10.1. The number of phosphoric acid groups is 2. The summed E-state index contributed by atoms with van der Waals surface area (Å²) in [7, 11) is -9.88. The fourth-order valence-corrected chi connectivity index (χ4v) is 11.7. The van der Waals surface area contributed by atoms with Crippen LogP contribution in [0.5, 0.6) is 0 Å². The highest BCUT2D eigenvalue weighted by molar-refractivity contribution is 7.47. The smallest absolute Gasteiger partial charge is 0.462 e. The minimum Gasteiger partial charge on any atom is -0.462 e. The molecule has 0 fully saturated rings. The number of aliphatic hydroxyl groups excluding tert-OH is 1. The van der Waals surface area contributed by atoms with Crippen LogP contribution in [0.15, 0.2) is 0 Å². The maximum atomic E-state index is 13.0. The van der Waals surface area contributed by atoms with E-state index in [1.807, 2.05) is 0 Å². The summed E-state index contributed by atoms with van der Waals surface area (Å²) in [6, 6.07) is 0. The van der Waals surface area contributed by atoms with Crippen molar-refractivity contribution in [1.29, 1.82) is 0 Å². The zero-order valence-electron chi connectivity index (χ0n) is 55.4. The SMILES string of the molecule is CCCCCCCCCCCCCCCCC(=O)OC[C@H](COP(=O)(O)OC[C@@H](O)COP(=O)(O)OC[C@@H](COC(=O)CCCCCCC)OC(=O)CCCCCCCCCCCC)OC(=O)CCCCCCCCCCCCCCCCC(C)C. The van der Waals surface area contributed by atoms with Gasteiger partial charge in [0.1, 0.15) is 19.3 Å². The van der Waals surface area contributed by atoms with Crippen molar-refractivity contribution in [1.82, 2.24) is 0 Å². The van der Waals surface area contributed by atoms with Crippen LogP contribution in [0, 0.1) is 5.92 Å². The first-order valence-corrected chi connectivity index (χ1v) is 38.1. The molecule has 2 unspecified atom stereocenters. The normalized spacial score (nSPS) is 14.2. The van der Waals surface area contributed by atoms with E-state index in [-0.39, 0.29) is 25.7 Å². The van der Waals surface area contributed by atoms with Crippen molar-refractivity contribution in [3.8, 4) is 0 Å². The van der Waals surface area contributed by atoms with E-state index in [1.165, 1.54) is 161 Å². The van der Waals surface area contributed by atoms with Gasteiger partial charge in [-0.15, -0.1) is 0 Å². The lowest BCUT2D eigenvalue weighted by molar-refractivity contribution is -0.161. The Morgan fingerprint density at radius 3 is 0.791 bits per heavy atom. The molecule has 510 valence electrons. The number of unbranched alkanes of at least 4 members (excludes halogenated alkanes) is 39. The first-order valence-electron chi connectivity index (χ1n) is 35.1. The van der Waals surface area contributed by atoms with Gasteiger partial charge in [-0.25, -0.2) is 9.13 Å². The fraction of sp³-hybridized carbons (Fsp3) is 0.940. The maximum Gasteiger partial charge on any atom is 0.472 e. The molecule has 0 bridgehead atoms. The number of esters is 4. The Labute approximate surface area is 524 Å². The number of phosphoric ester groups is 2. The molecule has 86 heavy (non-hydrogen) atoms. The van der Waals surface area contributed by atoms with Gasteiger partial charge in [0.25, 0.3) is 0 Å². The Morgan fingerprint density at radius 1 is 0.314 bits per heavy atom. The predicted octanol–water partition coefficient (Wildman–Crippen LogP) is 19.0. The molecule has 0 saturated carbocycles. The van der Waals surface area contributed by atoms with Crippen molar-refractivity contribution in [2.45, 2.75) is 361 Å². The van der Waals surface area contributed by atoms with Crippen LogP contribution in [0.3, 0.4) is 0 Å². The molecule has 0 aromatic rings. The molecule has 0 spiro atoms. The quantitative estimate of drug-likeness (QED) is 0.0222. The van der Waals surface area contributed by atoms with Crippen molar-refractivity contribution >= 4 is 39.5 Å². The molecule has 0 amide bonds.